The van der Waals surface area contributed by atoms with Crippen LogP contribution in [-0.2, 0) is 22.4 Å². The largest absolute Gasteiger partial charge is 0.465 e. The van der Waals surface area contributed by atoms with Crippen LogP contribution in [0.3, 0.4) is 0 Å². The molecule has 28 heavy (non-hydrogen) atoms. The summed E-state index contributed by atoms with van der Waals surface area (Å²) < 4.78 is 9.72. The molecular formula is C19H20N2O5S2. The Morgan fingerprint density at radius 3 is 2.61 bits per heavy atom. The van der Waals surface area contributed by atoms with Crippen molar-refractivity contribution in [3.8, 4) is 0 Å². The number of thiophene rings is 1. The summed E-state index contributed by atoms with van der Waals surface area (Å²) >= 11 is 2.76. The minimum absolute atomic E-state index is 0.293. The Kier molecular flexibility index (Phi) is 6.25. The van der Waals surface area contributed by atoms with E-state index in [1.807, 2.05) is 18.4 Å². The molecule has 1 N–H and O–H groups in total. The molecular weight excluding hydrogens is 400 g/mol. The number of rotatable bonds is 4. The van der Waals surface area contributed by atoms with Crippen LogP contribution in [0.15, 0.2) is 29.2 Å². The average Bonchev–Trinajstić information content (AvgIpc) is 3.09. The van der Waals surface area contributed by atoms with Crippen molar-refractivity contribution in [1.29, 1.82) is 0 Å². The molecule has 2 aromatic rings. The molecule has 1 aliphatic heterocycles. The number of esters is 1. The standard InChI is InChI=1S/C19H20N2O5S2/c1-25-18(23)15-11-8-9-21(19(24)26-2)10-14(11)28-17(15)20-16(22)12-6-4-5-7-13(12)27-3/h4-7H,8-10H2,1-3H3,(H,20,22). The summed E-state index contributed by atoms with van der Waals surface area (Å²) in [5, 5.41) is 3.30. The quantitative estimate of drug-likeness (QED) is 0.601. The highest BCUT2D eigenvalue weighted by atomic mass is 32.2. The number of anilines is 1. The minimum Gasteiger partial charge on any atom is -0.465 e. The van der Waals surface area contributed by atoms with Gasteiger partial charge in [-0.2, -0.15) is 0 Å². The summed E-state index contributed by atoms with van der Waals surface area (Å²) in [7, 11) is 2.64. The van der Waals surface area contributed by atoms with Crippen LogP contribution in [0.2, 0.25) is 0 Å². The summed E-state index contributed by atoms with van der Waals surface area (Å²) in [5.74, 6) is -0.795. The number of nitrogens with one attached hydrogen (secondary N) is 1. The summed E-state index contributed by atoms with van der Waals surface area (Å²) in [5.41, 5.74) is 1.71. The molecule has 0 atom stereocenters. The first kappa shape index (κ1) is 20.2. The van der Waals surface area contributed by atoms with Crippen LogP contribution in [0.1, 0.15) is 31.2 Å². The van der Waals surface area contributed by atoms with Crippen LogP contribution in [0.5, 0.6) is 0 Å². The smallest absolute Gasteiger partial charge is 0.409 e. The third-order valence-electron chi connectivity index (χ3n) is 4.46. The van der Waals surface area contributed by atoms with Crippen molar-refractivity contribution >= 4 is 46.1 Å². The molecule has 1 aliphatic rings. The van der Waals surface area contributed by atoms with E-state index in [1.54, 1.807) is 17.0 Å². The molecule has 148 valence electrons. The van der Waals surface area contributed by atoms with Gasteiger partial charge in [0.1, 0.15) is 5.00 Å². The predicted molar refractivity (Wildman–Crippen MR) is 108 cm³/mol. The molecule has 2 heterocycles. The van der Waals surface area contributed by atoms with E-state index in [0.29, 0.717) is 35.6 Å². The molecule has 0 fully saturated rings. The van der Waals surface area contributed by atoms with E-state index < -0.39 is 12.1 Å². The molecule has 1 aromatic carbocycles. The number of nitrogens with zero attached hydrogens (tertiary/aromatic N) is 1. The van der Waals surface area contributed by atoms with Gasteiger partial charge in [0, 0.05) is 16.3 Å². The van der Waals surface area contributed by atoms with Gasteiger partial charge >= 0.3 is 12.1 Å². The van der Waals surface area contributed by atoms with E-state index >= 15 is 0 Å². The average molecular weight is 421 g/mol. The van der Waals surface area contributed by atoms with Crippen LogP contribution >= 0.6 is 23.1 Å². The van der Waals surface area contributed by atoms with Crippen molar-refractivity contribution in [1.82, 2.24) is 4.90 Å². The van der Waals surface area contributed by atoms with Crippen LogP contribution in [0.25, 0.3) is 0 Å². The van der Waals surface area contributed by atoms with Crippen molar-refractivity contribution in [3.63, 3.8) is 0 Å². The molecule has 0 saturated carbocycles. The third-order valence-corrected chi connectivity index (χ3v) is 6.39. The second-order valence-electron chi connectivity index (χ2n) is 6.00. The lowest BCUT2D eigenvalue weighted by Crippen LogP contribution is -2.35. The van der Waals surface area contributed by atoms with Crippen LogP contribution in [0.4, 0.5) is 9.80 Å². The van der Waals surface area contributed by atoms with Crippen molar-refractivity contribution in [2.75, 3.05) is 32.3 Å². The van der Waals surface area contributed by atoms with Gasteiger partial charge in [0.05, 0.1) is 31.9 Å². The zero-order valence-electron chi connectivity index (χ0n) is 15.7. The molecule has 0 radical (unpaired) electrons. The topological polar surface area (TPSA) is 84.9 Å². The van der Waals surface area contributed by atoms with E-state index in [4.69, 9.17) is 9.47 Å². The number of ether oxygens (including phenoxy) is 2. The number of hydrogen-bond donors (Lipinski definition) is 1. The first-order valence-corrected chi connectivity index (χ1v) is 10.5. The van der Waals surface area contributed by atoms with Gasteiger partial charge in [0.15, 0.2) is 0 Å². The molecule has 3 rings (SSSR count). The fourth-order valence-electron chi connectivity index (χ4n) is 3.10. The number of thioether (sulfide) groups is 1. The van der Waals surface area contributed by atoms with E-state index in [0.717, 1.165) is 15.3 Å². The number of methoxy groups -OCH3 is 2. The zero-order valence-corrected chi connectivity index (χ0v) is 17.4. The Bertz CT molecular complexity index is 925. The summed E-state index contributed by atoms with van der Waals surface area (Å²) in [6.45, 7) is 0.761. The lowest BCUT2D eigenvalue weighted by molar-refractivity contribution is 0.0600. The van der Waals surface area contributed by atoms with Crippen molar-refractivity contribution in [3.05, 3.63) is 45.8 Å². The van der Waals surface area contributed by atoms with E-state index in [-0.39, 0.29) is 5.91 Å². The number of carbonyl (C=O) groups is 3. The molecule has 0 saturated heterocycles. The molecule has 0 spiro atoms. The van der Waals surface area contributed by atoms with Gasteiger partial charge in [-0.1, -0.05) is 12.1 Å². The maximum absolute atomic E-state index is 12.8. The van der Waals surface area contributed by atoms with Gasteiger partial charge in [-0.3, -0.25) is 4.79 Å². The van der Waals surface area contributed by atoms with Gasteiger partial charge < -0.3 is 19.7 Å². The number of hydrogen-bond acceptors (Lipinski definition) is 7. The summed E-state index contributed by atoms with van der Waals surface area (Å²) in [4.78, 5) is 40.3. The Balaban J connectivity index is 1.95. The second-order valence-corrected chi connectivity index (χ2v) is 7.95. The molecule has 0 unspecified atom stereocenters. The maximum atomic E-state index is 12.8. The first-order chi connectivity index (χ1) is 13.5. The van der Waals surface area contributed by atoms with Gasteiger partial charge in [-0.25, -0.2) is 9.59 Å². The molecule has 0 bridgehead atoms. The number of carbonyl (C=O) groups excluding carboxylic acids is 3. The van der Waals surface area contributed by atoms with Crippen LogP contribution in [-0.4, -0.2) is 49.9 Å². The molecule has 2 amide bonds. The Hall–Kier alpha value is -2.52. The van der Waals surface area contributed by atoms with Gasteiger partial charge in [0.2, 0.25) is 0 Å². The third kappa shape index (κ3) is 3.85. The van der Waals surface area contributed by atoms with Gasteiger partial charge in [0.25, 0.3) is 5.91 Å². The molecule has 9 heteroatoms. The predicted octanol–water partition coefficient (Wildman–Crippen LogP) is 3.63. The Morgan fingerprint density at radius 1 is 1.18 bits per heavy atom. The van der Waals surface area contributed by atoms with Crippen molar-refractivity contribution in [2.24, 2.45) is 0 Å². The lowest BCUT2D eigenvalue weighted by Gasteiger charge is -2.25. The van der Waals surface area contributed by atoms with E-state index in [1.165, 1.54) is 37.3 Å². The van der Waals surface area contributed by atoms with Crippen LogP contribution < -0.4 is 5.32 Å². The fraction of sp³-hybridized carbons (Fsp3) is 0.316. The maximum Gasteiger partial charge on any atom is 0.409 e. The van der Waals surface area contributed by atoms with Gasteiger partial charge in [-0.15, -0.1) is 23.1 Å². The lowest BCUT2D eigenvalue weighted by atomic mass is 10.0. The van der Waals surface area contributed by atoms with Crippen LogP contribution in [0, 0.1) is 0 Å². The monoisotopic (exact) mass is 420 g/mol. The molecule has 1 aromatic heterocycles. The number of benzene rings is 1. The Labute approximate surface area is 171 Å². The van der Waals surface area contributed by atoms with E-state index in [2.05, 4.69) is 5.32 Å². The number of amides is 2. The van der Waals surface area contributed by atoms with E-state index in [9.17, 15) is 14.4 Å². The highest BCUT2D eigenvalue weighted by molar-refractivity contribution is 7.98. The minimum atomic E-state index is -0.502. The fourth-order valence-corrected chi connectivity index (χ4v) is 4.94. The number of fused-ring (bicyclic) bond motifs is 1. The first-order valence-electron chi connectivity index (χ1n) is 8.50. The molecule has 7 nitrogen and oxygen atoms in total. The van der Waals surface area contributed by atoms with Gasteiger partial charge in [-0.05, 0) is 30.4 Å². The molecule has 0 aliphatic carbocycles. The zero-order chi connectivity index (χ0) is 20.3. The summed E-state index contributed by atoms with van der Waals surface area (Å²) in [6.07, 6.45) is 1.97. The van der Waals surface area contributed by atoms with Crippen molar-refractivity contribution in [2.45, 2.75) is 17.9 Å². The highest BCUT2D eigenvalue weighted by Gasteiger charge is 2.31. The Morgan fingerprint density at radius 2 is 1.93 bits per heavy atom. The second kappa shape index (κ2) is 8.66. The highest BCUT2D eigenvalue weighted by Crippen LogP contribution is 2.38. The summed E-state index contributed by atoms with van der Waals surface area (Å²) in [6, 6.07) is 7.28. The SMILES string of the molecule is COC(=O)c1c(NC(=O)c2ccccc2SC)sc2c1CCN(C(=O)OC)C2. The normalized spacial score (nSPS) is 12.9. The van der Waals surface area contributed by atoms with Crippen molar-refractivity contribution < 1.29 is 23.9 Å².